The molecule has 12 heavy (non-hydrogen) atoms. The van der Waals surface area contributed by atoms with Crippen molar-refractivity contribution < 1.29 is 21.8 Å². The maximum Gasteiger partial charge on any atom is 0.327 e. The number of hydrogen-bond acceptors (Lipinski definition) is 4. The van der Waals surface area contributed by atoms with Crippen molar-refractivity contribution in [3.05, 3.63) is 0 Å². The van der Waals surface area contributed by atoms with Crippen molar-refractivity contribution in [3.8, 4) is 0 Å². The van der Waals surface area contributed by atoms with Gasteiger partial charge in [-0.25, -0.2) is 0 Å². The molecular weight excluding hydrogens is 187 g/mol. The Morgan fingerprint density at radius 1 is 1.50 bits per heavy atom. The van der Waals surface area contributed by atoms with Gasteiger partial charge < -0.3 is 4.74 Å². The van der Waals surface area contributed by atoms with Crippen molar-refractivity contribution >= 4 is 16.2 Å². The highest BCUT2D eigenvalue weighted by Crippen LogP contribution is 2.09. The lowest BCUT2D eigenvalue weighted by atomic mass is 10.3. The minimum atomic E-state index is -4.81. The molecule has 0 aliphatic carbocycles. The summed E-state index contributed by atoms with van der Waals surface area (Å²) in [6.07, 6.45) is -0.113. The van der Waals surface area contributed by atoms with Gasteiger partial charge in [-0.1, -0.05) is 6.92 Å². The first-order chi connectivity index (χ1) is 5.43. The molecule has 0 radical (unpaired) electrons. The van der Waals surface area contributed by atoms with Crippen LogP contribution in [0.4, 0.5) is 3.89 Å². The molecule has 6 heteroatoms. The maximum atomic E-state index is 12.3. The van der Waals surface area contributed by atoms with Gasteiger partial charge in [-0.05, 0) is 13.3 Å². The predicted octanol–water partition coefficient (Wildman–Crippen LogP) is 0.627. The Balaban J connectivity index is 4.47. The number of carbonyl (C=O) groups is 1. The second kappa shape index (κ2) is 4.39. The van der Waals surface area contributed by atoms with E-state index < -0.39 is 21.4 Å². The average molecular weight is 198 g/mol. The Morgan fingerprint density at radius 3 is 2.25 bits per heavy atom. The Kier molecular flexibility index (Phi) is 4.16. The minimum Gasteiger partial charge on any atom is -0.465 e. The fourth-order valence-corrected chi connectivity index (χ4v) is 1.41. The molecule has 0 saturated heterocycles. The van der Waals surface area contributed by atoms with Crippen molar-refractivity contribution in [2.45, 2.75) is 25.5 Å². The van der Waals surface area contributed by atoms with E-state index in [-0.39, 0.29) is 13.0 Å². The Labute approximate surface area is 70.9 Å². The zero-order chi connectivity index (χ0) is 9.78. The van der Waals surface area contributed by atoms with Crippen LogP contribution >= 0.6 is 0 Å². The summed E-state index contributed by atoms with van der Waals surface area (Å²) in [5.74, 6) is -1.03. The van der Waals surface area contributed by atoms with Crippen LogP contribution in [-0.4, -0.2) is 26.2 Å². The third-order valence-corrected chi connectivity index (χ3v) is 2.47. The molecule has 0 spiro atoms. The molecule has 0 aromatic heterocycles. The van der Waals surface area contributed by atoms with Gasteiger partial charge in [-0.2, -0.15) is 8.42 Å². The van der Waals surface area contributed by atoms with E-state index in [1.165, 1.54) is 13.8 Å². The first-order valence-electron chi connectivity index (χ1n) is 3.53. The Bertz CT molecular complexity index is 246. The SMILES string of the molecule is CCOC(=O)C(CC)S(=O)(=O)F. The van der Waals surface area contributed by atoms with Gasteiger partial charge >= 0.3 is 16.2 Å². The topological polar surface area (TPSA) is 60.4 Å². The predicted molar refractivity (Wildman–Crippen MR) is 40.7 cm³/mol. The van der Waals surface area contributed by atoms with Crippen molar-refractivity contribution in [3.63, 3.8) is 0 Å². The quantitative estimate of drug-likeness (QED) is 0.491. The lowest BCUT2D eigenvalue weighted by Gasteiger charge is -2.07. The van der Waals surface area contributed by atoms with E-state index in [0.717, 1.165) is 0 Å². The molecule has 1 atom stereocenters. The van der Waals surface area contributed by atoms with Crippen LogP contribution in [0, 0.1) is 0 Å². The summed E-state index contributed by atoms with van der Waals surface area (Å²) in [5, 5.41) is -1.67. The highest BCUT2D eigenvalue weighted by Gasteiger charge is 2.31. The van der Waals surface area contributed by atoms with Crippen molar-refractivity contribution in [2.24, 2.45) is 0 Å². The third-order valence-electron chi connectivity index (χ3n) is 1.26. The molecule has 0 rings (SSSR count). The number of rotatable bonds is 4. The Morgan fingerprint density at radius 2 is 2.00 bits per heavy atom. The summed E-state index contributed by atoms with van der Waals surface area (Å²) < 4.78 is 37.3. The molecule has 0 heterocycles. The normalized spacial score (nSPS) is 13.9. The van der Waals surface area contributed by atoms with E-state index in [0.29, 0.717) is 0 Å². The highest BCUT2D eigenvalue weighted by atomic mass is 32.3. The average Bonchev–Trinajstić information content (AvgIpc) is 1.85. The van der Waals surface area contributed by atoms with E-state index in [1.807, 2.05) is 0 Å². The number of carbonyl (C=O) groups excluding carboxylic acids is 1. The fourth-order valence-electron chi connectivity index (χ4n) is 0.716. The van der Waals surface area contributed by atoms with Crippen molar-refractivity contribution in [1.29, 1.82) is 0 Å². The summed E-state index contributed by atoms with van der Waals surface area (Å²) in [6.45, 7) is 2.97. The molecule has 0 saturated carbocycles. The summed E-state index contributed by atoms with van der Waals surface area (Å²) in [5.41, 5.74) is 0. The molecule has 0 fully saturated rings. The number of ether oxygens (including phenoxy) is 1. The summed E-state index contributed by atoms with van der Waals surface area (Å²) in [4.78, 5) is 10.8. The van der Waals surface area contributed by atoms with Crippen LogP contribution in [0.2, 0.25) is 0 Å². The van der Waals surface area contributed by atoms with Crippen LogP contribution in [0.5, 0.6) is 0 Å². The molecule has 4 nitrogen and oxygen atoms in total. The van der Waals surface area contributed by atoms with Crippen LogP contribution < -0.4 is 0 Å². The number of esters is 1. The number of halogens is 1. The highest BCUT2D eigenvalue weighted by molar-refractivity contribution is 7.87. The summed E-state index contributed by atoms with van der Waals surface area (Å²) >= 11 is 0. The first kappa shape index (κ1) is 11.4. The van der Waals surface area contributed by atoms with Crippen LogP contribution in [0.15, 0.2) is 0 Å². The van der Waals surface area contributed by atoms with E-state index in [4.69, 9.17) is 0 Å². The molecule has 0 aliphatic rings. The smallest absolute Gasteiger partial charge is 0.327 e. The second-order valence-corrected chi connectivity index (χ2v) is 3.64. The molecule has 72 valence electrons. The molecule has 0 aromatic rings. The fraction of sp³-hybridized carbons (Fsp3) is 0.833. The van der Waals surface area contributed by atoms with Crippen LogP contribution in [0.3, 0.4) is 0 Å². The van der Waals surface area contributed by atoms with Gasteiger partial charge in [-0.15, -0.1) is 3.89 Å². The van der Waals surface area contributed by atoms with E-state index >= 15 is 0 Å². The zero-order valence-corrected chi connectivity index (χ0v) is 7.73. The lowest BCUT2D eigenvalue weighted by Crippen LogP contribution is -2.28. The van der Waals surface area contributed by atoms with Gasteiger partial charge in [0.1, 0.15) is 0 Å². The first-order valence-corrected chi connectivity index (χ1v) is 4.98. The number of hydrogen-bond donors (Lipinski definition) is 0. The molecule has 0 amide bonds. The molecule has 1 unspecified atom stereocenters. The van der Waals surface area contributed by atoms with Crippen LogP contribution in [0.25, 0.3) is 0 Å². The van der Waals surface area contributed by atoms with Crippen molar-refractivity contribution in [2.75, 3.05) is 6.61 Å². The summed E-state index contributed by atoms with van der Waals surface area (Å²) in [7, 11) is -4.81. The van der Waals surface area contributed by atoms with Gasteiger partial charge in [0.05, 0.1) is 6.61 Å². The van der Waals surface area contributed by atoms with Crippen LogP contribution in [-0.2, 0) is 19.8 Å². The zero-order valence-electron chi connectivity index (χ0n) is 6.91. The van der Waals surface area contributed by atoms with Gasteiger partial charge in [0.25, 0.3) is 0 Å². The van der Waals surface area contributed by atoms with E-state index in [9.17, 15) is 17.1 Å². The molecular formula is C6H11FO4S. The largest absolute Gasteiger partial charge is 0.465 e. The second-order valence-electron chi connectivity index (χ2n) is 2.12. The van der Waals surface area contributed by atoms with Gasteiger partial charge in [0.15, 0.2) is 5.25 Å². The molecule has 0 N–H and O–H groups in total. The standard InChI is InChI=1S/C6H11FO4S/c1-3-5(12(7,9)10)6(8)11-4-2/h5H,3-4H2,1-2H3. The van der Waals surface area contributed by atoms with Crippen LogP contribution in [0.1, 0.15) is 20.3 Å². The summed E-state index contributed by atoms with van der Waals surface area (Å²) in [6, 6.07) is 0. The molecule has 0 aromatic carbocycles. The minimum absolute atomic E-state index is 0.0465. The van der Waals surface area contributed by atoms with Gasteiger partial charge in [0.2, 0.25) is 0 Å². The monoisotopic (exact) mass is 198 g/mol. The van der Waals surface area contributed by atoms with E-state index in [2.05, 4.69) is 4.74 Å². The Hall–Kier alpha value is -0.650. The molecule has 0 aliphatic heterocycles. The van der Waals surface area contributed by atoms with Gasteiger partial charge in [0, 0.05) is 0 Å². The maximum absolute atomic E-state index is 12.3. The van der Waals surface area contributed by atoms with Gasteiger partial charge in [-0.3, -0.25) is 4.79 Å². The molecule has 0 bridgehead atoms. The van der Waals surface area contributed by atoms with Crippen molar-refractivity contribution in [1.82, 2.24) is 0 Å². The third kappa shape index (κ3) is 3.17. The lowest BCUT2D eigenvalue weighted by molar-refractivity contribution is -0.142. The van der Waals surface area contributed by atoms with E-state index in [1.54, 1.807) is 0 Å².